The molecule has 1 saturated heterocycles. The highest BCUT2D eigenvalue weighted by molar-refractivity contribution is 6.33. The summed E-state index contributed by atoms with van der Waals surface area (Å²) in [5.74, 6) is -2.77. The Morgan fingerprint density at radius 2 is 1.86 bits per heavy atom. The molecule has 3 aromatic rings. The van der Waals surface area contributed by atoms with Crippen LogP contribution in [0.15, 0.2) is 18.5 Å². The van der Waals surface area contributed by atoms with Gasteiger partial charge in [0, 0.05) is 31.8 Å². The van der Waals surface area contributed by atoms with Crippen molar-refractivity contribution in [2.75, 3.05) is 44.8 Å². The summed E-state index contributed by atoms with van der Waals surface area (Å²) < 4.78 is 81.7. The second kappa shape index (κ2) is 10.5. The van der Waals surface area contributed by atoms with Gasteiger partial charge in [-0.3, -0.25) is 4.90 Å². The Morgan fingerprint density at radius 1 is 1.17 bits per heavy atom. The van der Waals surface area contributed by atoms with Crippen LogP contribution < -0.4 is 10.1 Å². The van der Waals surface area contributed by atoms with Crippen LogP contribution in [0.2, 0.25) is 5.15 Å². The molecule has 35 heavy (non-hydrogen) atoms. The van der Waals surface area contributed by atoms with Gasteiger partial charge in [0.05, 0.1) is 30.9 Å². The molecule has 0 spiro atoms. The standard InChI is InChI=1S/C21H22ClF5N6O2/c1-12(21(25,26)27)30-19-17(18(22)31-20-28-11-29-33(19)20)16-14(23)9-13(10-15(16)24)35-6-2-3-32-4-7-34-8-5-32/h9-12,30H,2-8H2,1H3/t12-/m0/s1. The third kappa shape index (κ3) is 5.73. The van der Waals surface area contributed by atoms with E-state index in [1.807, 2.05) is 0 Å². The van der Waals surface area contributed by atoms with E-state index in [0.717, 1.165) is 49.5 Å². The number of halogens is 6. The minimum atomic E-state index is -4.66. The normalized spacial score (nSPS) is 16.0. The molecule has 0 unspecified atom stereocenters. The van der Waals surface area contributed by atoms with Crippen LogP contribution in [0, 0.1) is 11.6 Å². The Kier molecular flexibility index (Phi) is 7.57. The van der Waals surface area contributed by atoms with Gasteiger partial charge in [-0.2, -0.15) is 32.8 Å². The molecule has 1 aliphatic heterocycles. The predicted molar refractivity (Wildman–Crippen MR) is 118 cm³/mol. The van der Waals surface area contributed by atoms with Gasteiger partial charge in [0.2, 0.25) is 0 Å². The molecule has 1 aliphatic rings. The van der Waals surface area contributed by atoms with E-state index < -0.39 is 46.0 Å². The van der Waals surface area contributed by atoms with Crippen LogP contribution in [0.3, 0.4) is 0 Å². The second-order valence-corrected chi connectivity index (χ2v) is 8.28. The molecule has 0 amide bonds. The number of fused-ring (bicyclic) bond motifs is 1. The Balaban J connectivity index is 1.60. The molecule has 1 aromatic carbocycles. The van der Waals surface area contributed by atoms with E-state index in [1.54, 1.807) is 0 Å². The van der Waals surface area contributed by atoms with Gasteiger partial charge in [0.25, 0.3) is 5.78 Å². The molecule has 0 aliphatic carbocycles. The molecule has 0 bridgehead atoms. The summed E-state index contributed by atoms with van der Waals surface area (Å²) in [6.07, 6.45) is -2.99. The number of aromatic nitrogens is 4. The Morgan fingerprint density at radius 3 is 2.51 bits per heavy atom. The van der Waals surface area contributed by atoms with E-state index in [1.165, 1.54) is 0 Å². The Labute approximate surface area is 202 Å². The first-order valence-electron chi connectivity index (χ1n) is 10.8. The van der Waals surface area contributed by atoms with Crippen molar-refractivity contribution in [1.82, 2.24) is 24.5 Å². The summed E-state index contributed by atoms with van der Waals surface area (Å²) in [4.78, 5) is 9.90. The smallest absolute Gasteiger partial charge is 0.408 e. The van der Waals surface area contributed by atoms with Crippen LogP contribution in [0.25, 0.3) is 16.9 Å². The lowest BCUT2D eigenvalue weighted by Crippen LogP contribution is -2.37. The van der Waals surface area contributed by atoms with Gasteiger partial charge in [0.15, 0.2) is 0 Å². The van der Waals surface area contributed by atoms with Gasteiger partial charge in [-0.05, 0) is 13.3 Å². The zero-order valence-corrected chi connectivity index (χ0v) is 19.3. The first-order valence-corrected chi connectivity index (χ1v) is 11.2. The molecular weight excluding hydrogens is 499 g/mol. The second-order valence-electron chi connectivity index (χ2n) is 7.92. The first kappa shape index (κ1) is 25.3. The number of hydrogen-bond donors (Lipinski definition) is 1. The lowest BCUT2D eigenvalue weighted by atomic mass is 10.1. The fourth-order valence-electron chi connectivity index (χ4n) is 3.63. The van der Waals surface area contributed by atoms with Crippen LogP contribution >= 0.6 is 11.6 Å². The topological polar surface area (TPSA) is 76.8 Å². The van der Waals surface area contributed by atoms with E-state index in [-0.39, 0.29) is 18.1 Å². The largest absolute Gasteiger partial charge is 0.493 e. The Bertz CT molecular complexity index is 1160. The van der Waals surface area contributed by atoms with E-state index >= 15 is 8.78 Å². The number of morpholine rings is 1. The van der Waals surface area contributed by atoms with Gasteiger partial charge in [-0.1, -0.05) is 11.6 Å². The highest BCUT2D eigenvalue weighted by Crippen LogP contribution is 2.39. The first-order chi connectivity index (χ1) is 16.6. The van der Waals surface area contributed by atoms with Crippen LogP contribution in [0.4, 0.5) is 27.8 Å². The fraction of sp³-hybridized carbons (Fsp3) is 0.476. The lowest BCUT2D eigenvalue weighted by molar-refractivity contribution is -0.138. The minimum absolute atomic E-state index is 0.0604. The molecule has 1 N–H and O–H groups in total. The van der Waals surface area contributed by atoms with Crippen molar-refractivity contribution in [3.8, 4) is 16.9 Å². The number of benzene rings is 1. The molecule has 0 radical (unpaired) electrons. The number of ether oxygens (including phenoxy) is 2. The van der Waals surface area contributed by atoms with Crippen LogP contribution in [0.5, 0.6) is 5.75 Å². The van der Waals surface area contributed by atoms with Crippen molar-refractivity contribution in [2.24, 2.45) is 0 Å². The van der Waals surface area contributed by atoms with Crippen LogP contribution in [0.1, 0.15) is 13.3 Å². The van der Waals surface area contributed by atoms with E-state index in [0.29, 0.717) is 19.6 Å². The summed E-state index contributed by atoms with van der Waals surface area (Å²) >= 11 is 6.17. The Hall–Kier alpha value is -2.77. The maximum Gasteiger partial charge on any atom is 0.408 e. The maximum atomic E-state index is 15.1. The number of anilines is 1. The minimum Gasteiger partial charge on any atom is -0.493 e. The summed E-state index contributed by atoms with van der Waals surface area (Å²) in [5.41, 5.74) is -1.09. The van der Waals surface area contributed by atoms with Crippen molar-refractivity contribution in [3.63, 3.8) is 0 Å². The van der Waals surface area contributed by atoms with Crippen LogP contribution in [-0.2, 0) is 4.74 Å². The molecule has 1 atom stereocenters. The monoisotopic (exact) mass is 520 g/mol. The third-order valence-corrected chi connectivity index (χ3v) is 5.76. The molecule has 3 heterocycles. The molecule has 1 fully saturated rings. The number of nitrogens with zero attached hydrogens (tertiary/aromatic N) is 5. The highest BCUT2D eigenvalue weighted by atomic mass is 35.5. The van der Waals surface area contributed by atoms with E-state index in [2.05, 4.69) is 25.3 Å². The molecule has 2 aromatic heterocycles. The predicted octanol–water partition coefficient (Wildman–Crippen LogP) is 4.19. The van der Waals surface area contributed by atoms with Gasteiger partial charge >= 0.3 is 6.18 Å². The zero-order valence-electron chi connectivity index (χ0n) is 18.6. The van der Waals surface area contributed by atoms with Gasteiger partial charge in [-0.15, -0.1) is 0 Å². The molecular formula is C21H22ClF5N6O2. The van der Waals surface area contributed by atoms with E-state index in [4.69, 9.17) is 21.1 Å². The summed E-state index contributed by atoms with van der Waals surface area (Å²) in [6.45, 7) is 4.76. The van der Waals surface area contributed by atoms with Crippen molar-refractivity contribution >= 4 is 23.2 Å². The van der Waals surface area contributed by atoms with Gasteiger partial charge in [0.1, 0.15) is 40.7 Å². The summed E-state index contributed by atoms with van der Waals surface area (Å²) in [7, 11) is 0. The number of hydrogen-bond acceptors (Lipinski definition) is 7. The molecule has 14 heteroatoms. The molecule has 0 saturated carbocycles. The van der Waals surface area contributed by atoms with Crippen molar-refractivity contribution in [2.45, 2.75) is 25.6 Å². The average molecular weight is 521 g/mol. The van der Waals surface area contributed by atoms with E-state index in [9.17, 15) is 13.2 Å². The van der Waals surface area contributed by atoms with Crippen molar-refractivity contribution < 1.29 is 31.4 Å². The number of rotatable bonds is 8. The molecule has 4 rings (SSSR count). The number of nitrogens with one attached hydrogen (secondary N) is 1. The van der Waals surface area contributed by atoms with Gasteiger partial charge in [-0.25, -0.2) is 8.78 Å². The lowest BCUT2D eigenvalue weighted by Gasteiger charge is -2.26. The fourth-order valence-corrected chi connectivity index (χ4v) is 3.89. The summed E-state index contributed by atoms with van der Waals surface area (Å²) in [6, 6.07) is -0.190. The average Bonchev–Trinajstić information content (AvgIpc) is 3.26. The highest BCUT2D eigenvalue weighted by Gasteiger charge is 2.37. The zero-order chi connectivity index (χ0) is 25.2. The quantitative estimate of drug-likeness (QED) is 0.271. The van der Waals surface area contributed by atoms with Crippen molar-refractivity contribution in [3.05, 3.63) is 35.2 Å². The third-order valence-electron chi connectivity index (χ3n) is 5.48. The molecule has 190 valence electrons. The van der Waals surface area contributed by atoms with Gasteiger partial charge < -0.3 is 14.8 Å². The number of alkyl halides is 3. The molecule has 8 nitrogen and oxygen atoms in total. The van der Waals surface area contributed by atoms with Crippen molar-refractivity contribution in [1.29, 1.82) is 0 Å². The SMILES string of the molecule is C[C@H](Nc1c(-c2c(F)cc(OCCCN3CCOCC3)cc2F)c(Cl)nc2ncnn12)C(F)(F)F. The maximum absolute atomic E-state index is 15.1. The summed E-state index contributed by atoms with van der Waals surface area (Å²) in [5, 5.41) is 5.57. The van der Waals surface area contributed by atoms with Crippen LogP contribution in [-0.4, -0.2) is 76.2 Å².